The van der Waals surface area contributed by atoms with Crippen molar-refractivity contribution in [1.82, 2.24) is 4.90 Å². The molecule has 2 aromatic rings. The van der Waals surface area contributed by atoms with Crippen molar-refractivity contribution in [3.05, 3.63) is 70.4 Å². The normalized spacial score (nSPS) is 18.0. The first-order chi connectivity index (χ1) is 11.6. The number of thioether (sulfide) groups is 1. The van der Waals surface area contributed by atoms with E-state index in [1.165, 1.54) is 34.4 Å². The predicted octanol–water partition coefficient (Wildman–Crippen LogP) is 4.62. The predicted molar refractivity (Wildman–Crippen MR) is 97.7 cm³/mol. The van der Waals surface area contributed by atoms with Crippen LogP contribution in [0.1, 0.15) is 18.1 Å². The van der Waals surface area contributed by atoms with Gasteiger partial charge in [0, 0.05) is 7.05 Å². The smallest absolute Gasteiger partial charge is 0.266 e. The summed E-state index contributed by atoms with van der Waals surface area (Å²) in [5, 5.41) is 0.637. The third kappa shape index (κ3) is 3.57. The molecule has 0 unspecified atom stereocenters. The van der Waals surface area contributed by atoms with Crippen molar-refractivity contribution >= 4 is 34.6 Å². The van der Waals surface area contributed by atoms with Gasteiger partial charge in [0.05, 0.1) is 10.6 Å². The molecule has 0 atom stereocenters. The van der Waals surface area contributed by atoms with Crippen molar-refractivity contribution in [2.75, 3.05) is 7.05 Å². The van der Waals surface area contributed by atoms with Crippen molar-refractivity contribution in [2.24, 2.45) is 4.99 Å². The highest BCUT2D eigenvalue weighted by atomic mass is 32.2. The van der Waals surface area contributed by atoms with E-state index in [1.54, 1.807) is 25.3 Å². The molecule has 2 aromatic carbocycles. The quantitative estimate of drug-likeness (QED) is 0.764. The topological polar surface area (TPSA) is 32.7 Å². The van der Waals surface area contributed by atoms with Crippen LogP contribution in [0, 0.1) is 5.82 Å². The Morgan fingerprint density at radius 2 is 1.79 bits per heavy atom. The molecule has 0 aliphatic carbocycles. The number of carbonyl (C=O) groups excluding carboxylic acids is 1. The standard InChI is InChI=1S/C19H17FN2OS/c1-3-13-6-10-16(11-7-13)21-19-22(2)18(23)17(24-19)12-14-4-8-15(20)9-5-14/h4-12H,3H2,1-2H3. The number of benzene rings is 2. The van der Waals surface area contributed by atoms with Crippen molar-refractivity contribution in [3.8, 4) is 0 Å². The molecule has 1 fully saturated rings. The molecule has 0 aromatic heterocycles. The number of carbonyl (C=O) groups is 1. The first-order valence-corrected chi connectivity index (χ1v) is 8.49. The minimum Gasteiger partial charge on any atom is -0.290 e. The zero-order valence-corrected chi connectivity index (χ0v) is 14.3. The molecule has 3 nitrogen and oxygen atoms in total. The van der Waals surface area contributed by atoms with E-state index in [0.717, 1.165) is 17.7 Å². The third-order valence-corrected chi connectivity index (χ3v) is 4.80. The lowest BCUT2D eigenvalue weighted by Crippen LogP contribution is -2.23. The number of hydrogen-bond donors (Lipinski definition) is 0. The van der Waals surface area contributed by atoms with Crippen LogP contribution in [0.2, 0.25) is 0 Å². The molecule has 1 saturated heterocycles. The first kappa shape index (κ1) is 16.5. The summed E-state index contributed by atoms with van der Waals surface area (Å²) < 4.78 is 13.0. The maximum absolute atomic E-state index is 13.0. The largest absolute Gasteiger partial charge is 0.290 e. The van der Waals surface area contributed by atoms with E-state index < -0.39 is 0 Å². The maximum atomic E-state index is 13.0. The summed E-state index contributed by atoms with van der Waals surface area (Å²) in [6.45, 7) is 2.10. The number of aliphatic imine (C=N–C) groups is 1. The Hall–Kier alpha value is -2.40. The Bertz CT molecular complexity index is 810. The van der Waals surface area contributed by atoms with Crippen LogP contribution in [0.3, 0.4) is 0 Å². The second-order valence-corrected chi connectivity index (χ2v) is 6.45. The zero-order valence-electron chi connectivity index (χ0n) is 13.5. The molecule has 0 radical (unpaired) electrons. The number of likely N-dealkylation sites (N-methyl/N-ethyl adjacent to an activating group) is 1. The van der Waals surface area contributed by atoms with Gasteiger partial charge in [0.25, 0.3) is 5.91 Å². The summed E-state index contributed by atoms with van der Waals surface area (Å²) >= 11 is 1.32. The molecule has 3 rings (SSSR count). The highest BCUT2D eigenvalue weighted by molar-refractivity contribution is 8.18. The summed E-state index contributed by atoms with van der Waals surface area (Å²) in [4.78, 5) is 19.0. The number of halogens is 1. The lowest BCUT2D eigenvalue weighted by Gasteiger charge is -2.07. The number of nitrogens with zero attached hydrogens (tertiary/aromatic N) is 2. The van der Waals surface area contributed by atoms with E-state index in [-0.39, 0.29) is 11.7 Å². The molecule has 1 aliphatic rings. The minimum absolute atomic E-state index is 0.103. The van der Waals surface area contributed by atoms with E-state index in [9.17, 15) is 9.18 Å². The van der Waals surface area contributed by atoms with Gasteiger partial charge in [0.1, 0.15) is 5.82 Å². The molecule has 0 N–H and O–H groups in total. The van der Waals surface area contributed by atoms with Crippen molar-refractivity contribution in [1.29, 1.82) is 0 Å². The summed E-state index contributed by atoms with van der Waals surface area (Å²) in [5.41, 5.74) is 2.85. The van der Waals surface area contributed by atoms with Crippen LogP contribution in [0.4, 0.5) is 10.1 Å². The molecule has 1 amide bonds. The number of hydrogen-bond acceptors (Lipinski definition) is 3. The van der Waals surface area contributed by atoms with Gasteiger partial charge in [-0.25, -0.2) is 9.38 Å². The average Bonchev–Trinajstić information content (AvgIpc) is 2.86. The average molecular weight is 340 g/mol. The van der Waals surface area contributed by atoms with Gasteiger partial charge in [-0.05, 0) is 59.7 Å². The monoisotopic (exact) mass is 340 g/mol. The summed E-state index contributed by atoms with van der Waals surface area (Å²) in [6.07, 6.45) is 2.74. The second kappa shape index (κ2) is 7.01. The second-order valence-electron chi connectivity index (χ2n) is 5.44. The van der Waals surface area contributed by atoms with Gasteiger partial charge in [-0.1, -0.05) is 31.2 Å². The van der Waals surface area contributed by atoms with Gasteiger partial charge in [0.2, 0.25) is 0 Å². The van der Waals surface area contributed by atoms with E-state index in [0.29, 0.717) is 10.1 Å². The fourth-order valence-electron chi connectivity index (χ4n) is 2.28. The van der Waals surface area contributed by atoms with Crippen LogP contribution in [0.5, 0.6) is 0 Å². The molecule has 5 heteroatoms. The van der Waals surface area contributed by atoms with Gasteiger partial charge < -0.3 is 0 Å². The van der Waals surface area contributed by atoms with E-state index in [4.69, 9.17) is 0 Å². The molecule has 24 heavy (non-hydrogen) atoms. The first-order valence-electron chi connectivity index (χ1n) is 7.67. The Balaban J connectivity index is 1.85. The molecular formula is C19H17FN2OS. The SMILES string of the molecule is CCc1ccc(N=C2SC(=Cc3ccc(F)cc3)C(=O)N2C)cc1. The molecule has 0 spiro atoms. The molecule has 0 saturated carbocycles. The Labute approximate surface area is 144 Å². The molecule has 1 heterocycles. The Morgan fingerprint density at radius 3 is 2.42 bits per heavy atom. The van der Waals surface area contributed by atoms with Gasteiger partial charge in [-0.15, -0.1) is 0 Å². The molecule has 1 aliphatic heterocycles. The fourth-order valence-corrected chi connectivity index (χ4v) is 3.27. The van der Waals surface area contributed by atoms with E-state index in [2.05, 4.69) is 11.9 Å². The molecule has 0 bridgehead atoms. The maximum Gasteiger partial charge on any atom is 0.266 e. The minimum atomic E-state index is -0.294. The van der Waals surface area contributed by atoms with E-state index in [1.807, 2.05) is 24.3 Å². The number of aryl methyl sites for hydroxylation is 1. The van der Waals surface area contributed by atoms with Gasteiger partial charge in [-0.2, -0.15) is 0 Å². The summed E-state index contributed by atoms with van der Waals surface area (Å²) in [5.74, 6) is -0.397. The fraction of sp³-hybridized carbons (Fsp3) is 0.158. The number of amides is 1. The lowest BCUT2D eigenvalue weighted by molar-refractivity contribution is -0.121. The Morgan fingerprint density at radius 1 is 1.12 bits per heavy atom. The van der Waals surface area contributed by atoms with Gasteiger partial charge >= 0.3 is 0 Å². The molecule has 122 valence electrons. The summed E-state index contributed by atoms with van der Waals surface area (Å²) in [7, 11) is 1.71. The van der Waals surface area contributed by atoms with Crippen LogP contribution < -0.4 is 0 Å². The highest BCUT2D eigenvalue weighted by Crippen LogP contribution is 2.33. The van der Waals surface area contributed by atoms with Crippen LogP contribution in [-0.4, -0.2) is 23.0 Å². The zero-order chi connectivity index (χ0) is 17.1. The van der Waals surface area contributed by atoms with Gasteiger partial charge in [0.15, 0.2) is 5.17 Å². The van der Waals surface area contributed by atoms with Crippen LogP contribution in [0.15, 0.2) is 58.4 Å². The summed E-state index contributed by atoms with van der Waals surface area (Å²) in [6, 6.07) is 14.0. The van der Waals surface area contributed by atoms with Crippen LogP contribution in [0.25, 0.3) is 6.08 Å². The number of rotatable bonds is 3. The molecular weight excluding hydrogens is 323 g/mol. The van der Waals surface area contributed by atoms with Crippen molar-refractivity contribution in [2.45, 2.75) is 13.3 Å². The lowest BCUT2D eigenvalue weighted by atomic mass is 10.2. The van der Waals surface area contributed by atoms with Crippen LogP contribution in [-0.2, 0) is 11.2 Å². The highest BCUT2D eigenvalue weighted by Gasteiger charge is 2.30. The van der Waals surface area contributed by atoms with Crippen LogP contribution >= 0.6 is 11.8 Å². The Kier molecular flexibility index (Phi) is 4.81. The van der Waals surface area contributed by atoms with Gasteiger partial charge in [-0.3, -0.25) is 9.69 Å². The number of amidine groups is 1. The third-order valence-electron chi connectivity index (χ3n) is 3.74. The van der Waals surface area contributed by atoms with Crippen molar-refractivity contribution < 1.29 is 9.18 Å². The van der Waals surface area contributed by atoms with E-state index >= 15 is 0 Å². The van der Waals surface area contributed by atoms with Crippen molar-refractivity contribution in [3.63, 3.8) is 0 Å².